The number of methoxy groups -OCH3 is 1. The van der Waals surface area contributed by atoms with Crippen LogP contribution < -0.4 is 15.0 Å². The number of likely N-dealkylation sites (N-methyl/N-ethyl adjacent to an activating group) is 1. The quantitative estimate of drug-likeness (QED) is 0.853. The third-order valence-electron chi connectivity index (χ3n) is 3.30. The highest BCUT2D eigenvalue weighted by molar-refractivity contribution is 6.07. The van der Waals surface area contributed by atoms with Crippen LogP contribution in [0, 0.1) is 0 Å². The summed E-state index contributed by atoms with van der Waals surface area (Å²) in [5, 5.41) is 2.93. The number of ether oxygens (including phenoxy) is 1. The fourth-order valence-corrected chi connectivity index (χ4v) is 2.30. The molecule has 1 aliphatic heterocycles. The molecular formula is C13H18N2O2. The Morgan fingerprint density at radius 2 is 2.12 bits per heavy atom. The van der Waals surface area contributed by atoms with Crippen LogP contribution in [0.2, 0.25) is 0 Å². The van der Waals surface area contributed by atoms with Gasteiger partial charge in [0.2, 0.25) is 5.91 Å². The Bertz CT molecular complexity index is 455. The molecule has 0 fully saturated rings. The number of fused-ring (bicyclic) bond motifs is 1. The smallest absolute Gasteiger partial charge is 0.249 e. The number of anilines is 2. The summed E-state index contributed by atoms with van der Waals surface area (Å²) in [5.41, 5.74) is 1.24. The highest BCUT2D eigenvalue weighted by Crippen LogP contribution is 2.41. The van der Waals surface area contributed by atoms with Crippen molar-refractivity contribution in [3.8, 4) is 5.75 Å². The van der Waals surface area contributed by atoms with E-state index in [0.717, 1.165) is 17.9 Å². The molecule has 0 aliphatic carbocycles. The van der Waals surface area contributed by atoms with Crippen LogP contribution in [-0.2, 0) is 4.79 Å². The predicted octanol–water partition coefficient (Wildman–Crippen LogP) is 2.25. The highest BCUT2D eigenvalue weighted by Gasteiger charge is 2.40. The maximum atomic E-state index is 12.1. The molecule has 1 aromatic rings. The van der Waals surface area contributed by atoms with Crippen molar-refractivity contribution in [2.24, 2.45) is 0 Å². The van der Waals surface area contributed by atoms with Gasteiger partial charge in [0.1, 0.15) is 17.0 Å². The van der Waals surface area contributed by atoms with Crippen LogP contribution in [0.15, 0.2) is 18.2 Å². The average molecular weight is 234 g/mol. The number of nitrogens with zero attached hydrogens (tertiary/aromatic N) is 1. The van der Waals surface area contributed by atoms with Gasteiger partial charge in [-0.1, -0.05) is 6.07 Å². The van der Waals surface area contributed by atoms with Crippen LogP contribution in [0.1, 0.15) is 20.8 Å². The first-order chi connectivity index (χ1) is 8.02. The summed E-state index contributed by atoms with van der Waals surface area (Å²) in [6, 6.07) is 5.79. The third kappa shape index (κ3) is 1.64. The van der Waals surface area contributed by atoms with Crippen molar-refractivity contribution in [3.05, 3.63) is 18.2 Å². The van der Waals surface area contributed by atoms with E-state index < -0.39 is 5.54 Å². The molecule has 2 rings (SSSR count). The standard InChI is InChI=1S/C13H18N2O2/c1-5-15-9-7-6-8-10(17-4)11(9)14-12(16)13(15,2)3/h6-8H,5H2,1-4H3,(H,14,16). The molecule has 4 heteroatoms. The molecule has 92 valence electrons. The number of para-hydroxylation sites is 1. The molecule has 0 bridgehead atoms. The van der Waals surface area contributed by atoms with Gasteiger partial charge < -0.3 is 15.0 Å². The molecule has 1 heterocycles. The SMILES string of the molecule is CCN1c2cccc(OC)c2NC(=O)C1(C)C. The number of carbonyl (C=O) groups excluding carboxylic acids is 1. The molecule has 0 atom stereocenters. The van der Waals surface area contributed by atoms with Crippen LogP contribution in [0.5, 0.6) is 5.75 Å². The Kier molecular flexibility index (Phi) is 2.73. The number of amides is 1. The maximum Gasteiger partial charge on any atom is 0.249 e. The van der Waals surface area contributed by atoms with Gasteiger partial charge in [-0.25, -0.2) is 0 Å². The zero-order chi connectivity index (χ0) is 12.6. The first-order valence-electron chi connectivity index (χ1n) is 5.78. The zero-order valence-corrected chi connectivity index (χ0v) is 10.7. The minimum atomic E-state index is -0.534. The largest absolute Gasteiger partial charge is 0.494 e. The Balaban J connectivity index is 2.60. The number of hydrogen-bond acceptors (Lipinski definition) is 3. The van der Waals surface area contributed by atoms with Crippen molar-refractivity contribution in [1.29, 1.82) is 0 Å². The third-order valence-corrected chi connectivity index (χ3v) is 3.30. The van der Waals surface area contributed by atoms with Crippen molar-refractivity contribution in [3.63, 3.8) is 0 Å². The normalized spacial score (nSPS) is 17.4. The van der Waals surface area contributed by atoms with E-state index in [-0.39, 0.29) is 5.91 Å². The molecule has 17 heavy (non-hydrogen) atoms. The van der Waals surface area contributed by atoms with Crippen LogP contribution >= 0.6 is 0 Å². The molecule has 0 saturated heterocycles. The summed E-state index contributed by atoms with van der Waals surface area (Å²) in [7, 11) is 1.61. The van der Waals surface area contributed by atoms with Crippen LogP contribution in [0.4, 0.5) is 11.4 Å². The molecule has 1 aromatic carbocycles. The van der Waals surface area contributed by atoms with Gasteiger partial charge in [0.25, 0.3) is 0 Å². The van der Waals surface area contributed by atoms with E-state index in [9.17, 15) is 4.79 Å². The summed E-state index contributed by atoms with van der Waals surface area (Å²) in [6.45, 7) is 6.67. The van der Waals surface area contributed by atoms with E-state index >= 15 is 0 Å². The molecule has 0 unspecified atom stereocenters. The summed E-state index contributed by atoms with van der Waals surface area (Å²) < 4.78 is 5.28. The lowest BCUT2D eigenvalue weighted by Crippen LogP contribution is -2.56. The summed E-state index contributed by atoms with van der Waals surface area (Å²) in [5.74, 6) is 0.696. The molecular weight excluding hydrogens is 216 g/mol. The van der Waals surface area contributed by atoms with Crippen molar-refractivity contribution in [2.45, 2.75) is 26.3 Å². The monoisotopic (exact) mass is 234 g/mol. The van der Waals surface area contributed by atoms with Gasteiger partial charge in [-0.05, 0) is 32.9 Å². The minimum absolute atomic E-state index is 0.00338. The molecule has 1 amide bonds. The fraction of sp³-hybridized carbons (Fsp3) is 0.462. The van der Waals surface area contributed by atoms with Gasteiger partial charge in [-0.15, -0.1) is 0 Å². The van der Waals surface area contributed by atoms with Gasteiger partial charge in [0.15, 0.2) is 0 Å². The van der Waals surface area contributed by atoms with E-state index in [0.29, 0.717) is 5.75 Å². The topological polar surface area (TPSA) is 41.6 Å². The van der Waals surface area contributed by atoms with Crippen molar-refractivity contribution in [1.82, 2.24) is 0 Å². The molecule has 4 nitrogen and oxygen atoms in total. The van der Waals surface area contributed by atoms with Crippen LogP contribution in [0.25, 0.3) is 0 Å². The Labute approximate surface area is 102 Å². The second-order valence-corrected chi connectivity index (χ2v) is 4.61. The average Bonchev–Trinajstić information content (AvgIpc) is 2.30. The van der Waals surface area contributed by atoms with E-state index in [2.05, 4.69) is 10.2 Å². The van der Waals surface area contributed by atoms with Crippen molar-refractivity contribution < 1.29 is 9.53 Å². The molecule has 0 spiro atoms. The Morgan fingerprint density at radius 3 is 2.71 bits per heavy atom. The fourth-order valence-electron chi connectivity index (χ4n) is 2.30. The van der Waals surface area contributed by atoms with Crippen LogP contribution in [-0.4, -0.2) is 25.1 Å². The van der Waals surface area contributed by atoms with E-state index in [1.54, 1.807) is 7.11 Å². The first kappa shape index (κ1) is 11.8. The van der Waals surface area contributed by atoms with Crippen LogP contribution in [0.3, 0.4) is 0 Å². The second kappa shape index (κ2) is 3.95. The van der Waals surface area contributed by atoms with E-state index in [4.69, 9.17) is 4.74 Å². The molecule has 0 aromatic heterocycles. The number of nitrogens with one attached hydrogen (secondary N) is 1. The van der Waals surface area contributed by atoms with E-state index in [1.807, 2.05) is 39.0 Å². The lowest BCUT2D eigenvalue weighted by molar-refractivity contribution is -0.120. The Morgan fingerprint density at radius 1 is 1.41 bits per heavy atom. The molecule has 1 N–H and O–H groups in total. The molecule has 1 aliphatic rings. The van der Waals surface area contributed by atoms with E-state index in [1.165, 1.54) is 0 Å². The van der Waals surface area contributed by atoms with Gasteiger partial charge >= 0.3 is 0 Å². The van der Waals surface area contributed by atoms with Gasteiger partial charge in [0, 0.05) is 6.54 Å². The van der Waals surface area contributed by atoms with Gasteiger partial charge in [-0.2, -0.15) is 0 Å². The molecule has 0 saturated carbocycles. The summed E-state index contributed by atoms with van der Waals surface area (Å²) in [6.07, 6.45) is 0. The van der Waals surface area contributed by atoms with Gasteiger partial charge in [-0.3, -0.25) is 4.79 Å². The zero-order valence-electron chi connectivity index (χ0n) is 10.7. The van der Waals surface area contributed by atoms with Crippen molar-refractivity contribution >= 4 is 17.3 Å². The Hall–Kier alpha value is -1.71. The number of hydrogen-bond donors (Lipinski definition) is 1. The highest BCUT2D eigenvalue weighted by atomic mass is 16.5. The van der Waals surface area contributed by atoms with Crippen molar-refractivity contribution in [2.75, 3.05) is 23.9 Å². The number of benzene rings is 1. The molecule has 0 radical (unpaired) electrons. The predicted molar refractivity (Wildman–Crippen MR) is 68.7 cm³/mol. The maximum absolute atomic E-state index is 12.1. The van der Waals surface area contributed by atoms with Gasteiger partial charge in [0.05, 0.1) is 12.8 Å². The second-order valence-electron chi connectivity index (χ2n) is 4.61. The number of carbonyl (C=O) groups is 1. The lowest BCUT2D eigenvalue weighted by atomic mass is 9.96. The lowest BCUT2D eigenvalue weighted by Gasteiger charge is -2.43. The summed E-state index contributed by atoms with van der Waals surface area (Å²) >= 11 is 0. The first-order valence-corrected chi connectivity index (χ1v) is 5.78. The minimum Gasteiger partial charge on any atom is -0.494 e. The number of rotatable bonds is 2. The summed E-state index contributed by atoms with van der Waals surface area (Å²) in [4.78, 5) is 14.2.